The molecule has 3 atom stereocenters. The van der Waals surface area contributed by atoms with Gasteiger partial charge in [0, 0.05) is 17.9 Å². The number of halogens is 1. The van der Waals surface area contributed by atoms with E-state index < -0.39 is 0 Å². The van der Waals surface area contributed by atoms with Gasteiger partial charge in [-0.2, -0.15) is 0 Å². The van der Waals surface area contributed by atoms with Gasteiger partial charge >= 0.3 is 0 Å². The van der Waals surface area contributed by atoms with Crippen LogP contribution in [0.4, 0.5) is 0 Å². The molecule has 0 spiro atoms. The Balaban J connectivity index is 2.04. The highest BCUT2D eigenvalue weighted by molar-refractivity contribution is 6.21. The van der Waals surface area contributed by atoms with E-state index in [2.05, 4.69) is 13.0 Å². The average molecular weight is 269 g/mol. The van der Waals surface area contributed by atoms with Crippen LogP contribution in [-0.2, 0) is 11.2 Å². The van der Waals surface area contributed by atoms with Gasteiger partial charge in [0.2, 0.25) is 0 Å². The van der Waals surface area contributed by atoms with Crippen LogP contribution in [0.3, 0.4) is 0 Å². The lowest BCUT2D eigenvalue weighted by molar-refractivity contribution is 0.0864. The Bertz CT molecular complexity index is 381. The molecule has 1 heterocycles. The van der Waals surface area contributed by atoms with Gasteiger partial charge in [0.05, 0.1) is 13.2 Å². The van der Waals surface area contributed by atoms with E-state index in [1.165, 1.54) is 5.56 Å². The molecule has 0 bridgehead atoms. The molecule has 1 saturated heterocycles. The van der Waals surface area contributed by atoms with Crippen molar-refractivity contribution in [2.24, 2.45) is 5.92 Å². The van der Waals surface area contributed by atoms with Crippen LogP contribution < -0.4 is 4.74 Å². The van der Waals surface area contributed by atoms with Gasteiger partial charge in [-0.1, -0.05) is 25.1 Å². The first-order valence-corrected chi connectivity index (χ1v) is 7.07. The molecule has 0 radical (unpaired) electrons. The largest absolute Gasteiger partial charge is 0.496 e. The molecule has 3 unspecified atom stereocenters. The van der Waals surface area contributed by atoms with Crippen LogP contribution in [0.25, 0.3) is 0 Å². The molecule has 0 amide bonds. The second kappa shape index (κ2) is 6.44. The summed E-state index contributed by atoms with van der Waals surface area (Å²) in [7, 11) is 1.70. The van der Waals surface area contributed by atoms with Gasteiger partial charge in [0.25, 0.3) is 0 Å². The third-order valence-corrected chi connectivity index (χ3v) is 4.21. The van der Waals surface area contributed by atoms with Gasteiger partial charge in [-0.05, 0) is 30.9 Å². The number of methoxy groups -OCH3 is 1. The van der Waals surface area contributed by atoms with Crippen molar-refractivity contribution >= 4 is 11.6 Å². The Morgan fingerprint density at radius 3 is 2.94 bits per heavy atom. The van der Waals surface area contributed by atoms with E-state index in [1.807, 2.05) is 18.2 Å². The fourth-order valence-electron chi connectivity index (χ4n) is 2.73. The molecule has 0 aromatic heterocycles. The maximum atomic E-state index is 6.59. The van der Waals surface area contributed by atoms with Gasteiger partial charge in [-0.15, -0.1) is 11.6 Å². The molecule has 1 aliphatic rings. The minimum Gasteiger partial charge on any atom is -0.496 e. The van der Waals surface area contributed by atoms with Crippen LogP contribution in [0.1, 0.15) is 25.3 Å². The van der Waals surface area contributed by atoms with E-state index in [-0.39, 0.29) is 5.38 Å². The lowest BCUT2D eigenvalue weighted by Gasteiger charge is -2.22. The lowest BCUT2D eigenvalue weighted by Crippen LogP contribution is -2.25. The van der Waals surface area contributed by atoms with E-state index in [0.29, 0.717) is 12.0 Å². The zero-order valence-corrected chi connectivity index (χ0v) is 11.8. The fraction of sp³-hybridized carbons (Fsp3) is 0.600. The maximum absolute atomic E-state index is 6.59. The Labute approximate surface area is 114 Å². The summed E-state index contributed by atoms with van der Waals surface area (Å²) in [4.78, 5) is 0. The molecule has 1 aromatic rings. The predicted octanol–water partition coefficient (Wildman–Crippen LogP) is 3.66. The van der Waals surface area contributed by atoms with Crippen molar-refractivity contribution in [3.63, 3.8) is 0 Å². The summed E-state index contributed by atoms with van der Waals surface area (Å²) in [6.45, 7) is 3.01. The highest BCUT2D eigenvalue weighted by Crippen LogP contribution is 2.32. The smallest absolute Gasteiger partial charge is 0.122 e. The van der Waals surface area contributed by atoms with Gasteiger partial charge in [-0.3, -0.25) is 0 Å². The minimum atomic E-state index is 0.119. The van der Waals surface area contributed by atoms with Crippen molar-refractivity contribution in [3.8, 4) is 5.75 Å². The topological polar surface area (TPSA) is 18.5 Å². The summed E-state index contributed by atoms with van der Waals surface area (Å²) < 4.78 is 11.1. The maximum Gasteiger partial charge on any atom is 0.122 e. The summed E-state index contributed by atoms with van der Waals surface area (Å²) >= 11 is 6.59. The van der Waals surface area contributed by atoms with E-state index in [9.17, 15) is 0 Å². The van der Waals surface area contributed by atoms with E-state index in [0.717, 1.165) is 31.6 Å². The summed E-state index contributed by atoms with van der Waals surface area (Å²) in [5.74, 6) is 1.39. The molecule has 2 nitrogen and oxygen atoms in total. The molecule has 0 aliphatic carbocycles. The standard InChI is InChI=1S/C15H21ClO2/c1-3-14-12(8-9-18-14)13(16)10-11-6-4-5-7-15(11)17-2/h4-7,12-14H,3,8-10H2,1-2H3. The van der Waals surface area contributed by atoms with Gasteiger partial charge in [-0.25, -0.2) is 0 Å². The molecule has 100 valence electrons. The van der Waals surface area contributed by atoms with Crippen LogP contribution in [0.5, 0.6) is 5.75 Å². The van der Waals surface area contributed by atoms with Crippen LogP contribution in [0.15, 0.2) is 24.3 Å². The molecule has 3 heteroatoms. The number of hydrogen-bond donors (Lipinski definition) is 0. The van der Waals surface area contributed by atoms with Gasteiger partial charge in [0.1, 0.15) is 5.75 Å². The van der Waals surface area contributed by atoms with Crippen molar-refractivity contribution in [1.82, 2.24) is 0 Å². The van der Waals surface area contributed by atoms with Crippen molar-refractivity contribution in [2.45, 2.75) is 37.7 Å². The third kappa shape index (κ3) is 2.99. The first-order valence-electron chi connectivity index (χ1n) is 6.63. The van der Waals surface area contributed by atoms with E-state index in [1.54, 1.807) is 7.11 Å². The lowest BCUT2D eigenvalue weighted by atomic mass is 9.91. The molecule has 18 heavy (non-hydrogen) atoms. The van der Waals surface area contributed by atoms with Crippen molar-refractivity contribution in [2.75, 3.05) is 13.7 Å². The monoisotopic (exact) mass is 268 g/mol. The van der Waals surface area contributed by atoms with Crippen LogP contribution in [0.2, 0.25) is 0 Å². The number of hydrogen-bond acceptors (Lipinski definition) is 2. The van der Waals surface area contributed by atoms with Gasteiger partial charge < -0.3 is 9.47 Å². The summed E-state index contributed by atoms with van der Waals surface area (Å²) in [5, 5.41) is 0.119. The summed E-state index contributed by atoms with van der Waals surface area (Å²) in [5.41, 5.74) is 1.18. The Kier molecular flexibility index (Phi) is 4.90. The first kappa shape index (κ1) is 13.7. The Hall–Kier alpha value is -0.730. The highest BCUT2D eigenvalue weighted by Gasteiger charge is 2.32. The van der Waals surface area contributed by atoms with Crippen molar-refractivity contribution in [1.29, 1.82) is 0 Å². The molecule has 1 aromatic carbocycles. The second-order valence-corrected chi connectivity index (χ2v) is 5.36. The van der Waals surface area contributed by atoms with E-state index >= 15 is 0 Å². The number of alkyl halides is 1. The second-order valence-electron chi connectivity index (χ2n) is 4.80. The van der Waals surface area contributed by atoms with Crippen molar-refractivity contribution in [3.05, 3.63) is 29.8 Å². The SMILES string of the molecule is CCC1OCCC1C(Cl)Cc1ccccc1OC. The molecular formula is C15H21ClO2. The number of para-hydroxylation sites is 1. The first-order chi connectivity index (χ1) is 8.76. The molecule has 1 aliphatic heterocycles. The van der Waals surface area contributed by atoms with E-state index in [4.69, 9.17) is 21.1 Å². The van der Waals surface area contributed by atoms with Crippen LogP contribution in [-0.4, -0.2) is 25.2 Å². The van der Waals surface area contributed by atoms with Crippen LogP contribution >= 0.6 is 11.6 Å². The van der Waals surface area contributed by atoms with Gasteiger partial charge in [0.15, 0.2) is 0 Å². The zero-order valence-electron chi connectivity index (χ0n) is 11.1. The quantitative estimate of drug-likeness (QED) is 0.759. The summed E-state index contributed by atoms with van der Waals surface area (Å²) in [6.07, 6.45) is 3.28. The zero-order chi connectivity index (χ0) is 13.0. The molecule has 0 N–H and O–H groups in total. The molecule has 2 rings (SSSR count). The number of benzene rings is 1. The summed E-state index contributed by atoms with van der Waals surface area (Å²) in [6, 6.07) is 8.09. The minimum absolute atomic E-state index is 0.119. The normalized spacial score (nSPS) is 25.1. The number of ether oxygens (including phenoxy) is 2. The Morgan fingerprint density at radius 1 is 1.44 bits per heavy atom. The number of rotatable bonds is 5. The molecule has 0 saturated carbocycles. The highest BCUT2D eigenvalue weighted by atomic mass is 35.5. The average Bonchev–Trinajstić information content (AvgIpc) is 2.87. The predicted molar refractivity (Wildman–Crippen MR) is 74.5 cm³/mol. The van der Waals surface area contributed by atoms with Crippen molar-refractivity contribution < 1.29 is 9.47 Å². The van der Waals surface area contributed by atoms with Crippen LogP contribution in [0, 0.1) is 5.92 Å². The Morgan fingerprint density at radius 2 is 2.22 bits per heavy atom. The fourth-order valence-corrected chi connectivity index (χ4v) is 3.19. The third-order valence-electron chi connectivity index (χ3n) is 3.74. The molecule has 1 fully saturated rings. The molecular weight excluding hydrogens is 248 g/mol.